The molecule has 1 aromatic heterocycles. The van der Waals surface area contributed by atoms with E-state index in [0.717, 1.165) is 5.75 Å². The Hall–Kier alpha value is -1.08. The molecule has 0 saturated carbocycles. The van der Waals surface area contributed by atoms with Gasteiger partial charge in [-0.15, -0.1) is 0 Å². The molecule has 2 rings (SSSR count). The third-order valence-corrected chi connectivity index (χ3v) is 3.65. The van der Waals surface area contributed by atoms with Gasteiger partial charge in [0, 0.05) is 0 Å². The van der Waals surface area contributed by atoms with Gasteiger partial charge in [0.1, 0.15) is 16.7 Å². The van der Waals surface area contributed by atoms with Crippen molar-refractivity contribution in [3.63, 3.8) is 0 Å². The molecule has 0 aliphatic heterocycles. The van der Waals surface area contributed by atoms with Crippen molar-refractivity contribution in [2.24, 2.45) is 0 Å². The van der Waals surface area contributed by atoms with E-state index in [1.165, 1.54) is 24.9 Å². The lowest BCUT2D eigenvalue weighted by Gasteiger charge is -2.08. The van der Waals surface area contributed by atoms with E-state index in [0.29, 0.717) is 10.9 Å². The van der Waals surface area contributed by atoms with Crippen LogP contribution >= 0.6 is 27.7 Å². The third-order valence-electron chi connectivity index (χ3n) is 2.32. The van der Waals surface area contributed by atoms with Gasteiger partial charge in [0.2, 0.25) is 0 Å². The number of methoxy groups -OCH3 is 1. The van der Waals surface area contributed by atoms with Crippen LogP contribution in [0.3, 0.4) is 0 Å². The molecule has 0 saturated heterocycles. The van der Waals surface area contributed by atoms with Crippen LogP contribution in [0.25, 0.3) is 10.9 Å². The molecule has 0 bridgehead atoms. The molecule has 0 radical (unpaired) electrons. The zero-order chi connectivity index (χ0) is 13.3. The summed E-state index contributed by atoms with van der Waals surface area (Å²) in [7, 11) is 1.42. The molecule has 4 nitrogen and oxygen atoms in total. The fraction of sp³-hybridized carbons (Fsp3) is 0.273. The summed E-state index contributed by atoms with van der Waals surface area (Å²) in [4.78, 5) is 18.7. The summed E-state index contributed by atoms with van der Waals surface area (Å²) in [6.45, 7) is 1.92. The van der Waals surface area contributed by atoms with E-state index in [1.807, 2.05) is 6.92 Å². The van der Waals surface area contributed by atoms with E-state index in [4.69, 9.17) is 4.74 Å². The number of rotatable bonds is 3. The summed E-state index contributed by atoms with van der Waals surface area (Å²) in [5.41, 5.74) is -0.389. The Balaban J connectivity index is 2.86. The highest BCUT2D eigenvalue weighted by molar-refractivity contribution is 9.10. The van der Waals surface area contributed by atoms with Gasteiger partial charge >= 0.3 is 0 Å². The molecular weight excluding hydrogens is 323 g/mol. The molecule has 0 atom stereocenters. The average molecular weight is 333 g/mol. The van der Waals surface area contributed by atoms with E-state index in [2.05, 4.69) is 25.9 Å². The van der Waals surface area contributed by atoms with Gasteiger partial charge in [-0.3, -0.25) is 4.79 Å². The normalized spacial score (nSPS) is 10.9. The van der Waals surface area contributed by atoms with Crippen LogP contribution in [-0.4, -0.2) is 22.8 Å². The number of nitrogens with one attached hydrogen (secondary N) is 1. The van der Waals surface area contributed by atoms with Crippen LogP contribution in [0.2, 0.25) is 0 Å². The topological polar surface area (TPSA) is 55.0 Å². The number of aromatic amines is 1. The smallest absolute Gasteiger partial charge is 0.263 e. The molecule has 7 heteroatoms. The highest BCUT2D eigenvalue weighted by atomic mass is 79.9. The lowest BCUT2D eigenvalue weighted by Crippen LogP contribution is -2.11. The van der Waals surface area contributed by atoms with E-state index in [-0.39, 0.29) is 15.4 Å². The summed E-state index contributed by atoms with van der Waals surface area (Å²) >= 11 is 4.42. The standard InChI is InChI=1S/C11H10BrFN2O2S/c1-3-18-11-14-9-7(10(16)15-11)6(17-2)4-5(12)8(9)13/h4H,3H2,1-2H3,(H,14,15,16). The van der Waals surface area contributed by atoms with Crippen LogP contribution in [0.5, 0.6) is 5.75 Å². The first-order valence-electron chi connectivity index (χ1n) is 5.17. The fourth-order valence-electron chi connectivity index (χ4n) is 1.57. The predicted octanol–water partition coefficient (Wildman–Crippen LogP) is 2.95. The summed E-state index contributed by atoms with van der Waals surface area (Å²) in [6.07, 6.45) is 0. The number of benzene rings is 1. The number of H-pyrrole nitrogens is 1. The van der Waals surface area contributed by atoms with Crippen LogP contribution in [0.4, 0.5) is 4.39 Å². The maximum absolute atomic E-state index is 14.0. The van der Waals surface area contributed by atoms with Gasteiger partial charge in [0.15, 0.2) is 11.0 Å². The van der Waals surface area contributed by atoms with Gasteiger partial charge in [0.25, 0.3) is 5.56 Å². The van der Waals surface area contributed by atoms with Gasteiger partial charge in [-0.2, -0.15) is 0 Å². The Morgan fingerprint density at radius 3 is 2.94 bits per heavy atom. The molecule has 0 spiro atoms. The number of halogens is 2. The van der Waals surface area contributed by atoms with Gasteiger partial charge in [-0.1, -0.05) is 18.7 Å². The maximum Gasteiger partial charge on any atom is 0.263 e. The zero-order valence-corrected chi connectivity index (χ0v) is 12.1. The van der Waals surface area contributed by atoms with E-state index in [1.54, 1.807) is 0 Å². The van der Waals surface area contributed by atoms with Crippen LogP contribution in [-0.2, 0) is 0 Å². The SMILES string of the molecule is CCSc1nc2c(F)c(Br)cc(OC)c2c(=O)[nH]1. The van der Waals surface area contributed by atoms with Crippen molar-refractivity contribution >= 4 is 38.6 Å². The number of hydrogen-bond donors (Lipinski definition) is 1. The van der Waals surface area contributed by atoms with Crippen molar-refractivity contribution in [1.82, 2.24) is 9.97 Å². The minimum Gasteiger partial charge on any atom is -0.496 e. The van der Waals surface area contributed by atoms with Crippen LogP contribution < -0.4 is 10.3 Å². The lowest BCUT2D eigenvalue weighted by molar-refractivity contribution is 0.418. The Labute approximate surface area is 115 Å². The molecule has 0 aliphatic rings. The predicted molar refractivity (Wildman–Crippen MR) is 73.0 cm³/mol. The lowest BCUT2D eigenvalue weighted by atomic mass is 10.2. The molecule has 18 heavy (non-hydrogen) atoms. The molecule has 0 unspecified atom stereocenters. The van der Waals surface area contributed by atoms with Crippen molar-refractivity contribution in [2.75, 3.05) is 12.9 Å². The van der Waals surface area contributed by atoms with Crippen LogP contribution in [0.1, 0.15) is 6.92 Å². The monoisotopic (exact) mass is 332 g/mol. The van der Waals surface area contributed by atoms with Gasteiger partial charge in [0.05, 0.1) is 11.6 Å². The molecule has 1 N–H and O–H groups in total. The molecule has 2 aromatic rings. The number of nitrogens with zero attached hydrogens (tertiary/aromatic N) is 1. The van der Waals surface area contributed by atoms with Crippen molar-refractivity contribution < 1.29 is 9.13 Å². The molecule has 1 heterocycles. The third kappa shape index (κ3) is 2.24. The summed E-state index contributed by atoms with van der Waals surface area (Å²) in [5.74, 6) is 0.469. The second kappa shape index (κ2) is 5.27. The van der Waals surface area contributed by atoms with E-state index < -0.39 is 11.4 Å². The molecule has 96 valence electrons. The average Bonchev–Trinajstić information content (AvgIpc) is 2.34. The van der Waals surface area contributed by atoms with Gasteiger partial charge in [-0.05, 0) is 27.7 Å². The zero-order valence-electron chi connectivity index (χ0n) is 9.71. The summed E-state index contributed by atoms with van der Waals surface area (Å²) in [6, 6.07) is 1.42. The number of hydrogen-bond acceptors (Lipinski definition) is 4. The van der Waals surface area contributed by atoms with Crippen LogP contribution in [0, 0.1) is 5.82 Å². The first-order chi connectivity index (χ1) is 8.58. The number of ether oxygens (including phenoxy) is 1. The molecule has 0 aliphatic carbocycles. The van der Waals surface area contributed by atoms with Gasteiger partial charge < -0.3 is 9.72 Å². The summed E-state index contributed by atoms with van der Waals surface area (Å²) in [5, 5.41) is 0.521. The van der Waals surface area contributed by atoms with Crippen LogP contribution in [0.15, 0.2) is 20.5 Å². The highest BCUT2D eigenvalue weighted by Crippen LogP contribution is 2.30. The Morgan fingerprint density at radius 2 is 2.33 bits per heavy atom. The van der Waals surface area contributed by atoms with Gasteiger partial charge in [-0.25, -0.2) is 9.37 Å². The molecule has 1 aromatic carbocycles. The summed E-state index contributed by atoms with van der Waals surface area (Å²) < 4.78 is 19.3. The first kappa shape index (κ1) is 13.4. The van der Waals surface area contributed by atoms with E-state index in [9.17, 15) is 9.18 Å². The Kier molecular flexibility index (Phi) is 3.91. The highest BCUT2D eigenvalue weighted by Gasteiger charge is 2.16. The Morgan fingerprint density at radius 1 is 1.61 bits per heavy atom. The largest absolute Gasteiger partial charge is 0.496 e. The van der Waals surface area contributed by atoms with Crippen molar-refractivity contribution in [2.45, 2.75) is 12.1 Å². The van der Waals surface area contributed by atoms with Crippen molar-refractivity contribution in [3.8, 4) is 5.75 Å². The number of fused-ring (bicyclic) bond motifs is 1. The van der Waals surface area contributed by atoms with Crippen molar-refractivity contribution in [1.29, 1.82) is 0 Å². The minimum absolute atomic E-state index is 0.0147. The Bertz CT molecular complexity index is 660. The minimum atomic E-state index is -0.560. The van der Waals surface area contributed by atoms with E-state index >= 15 is 0 Å². The molecule has 0 fully saturated rings. The second-order valence-electron chi connectivity index (χ2n) is 3.40. The maximum atomic E-state index is 14.0. The fourth-order valence-corrected chi connectivity index (χ4v) is 2.56. The quantitative estimate of drug-likeness (QED) is 0.693. The molecular formula is C11H10BrFN2O2S. The number of aromatic nitrogens is 2. The first-order valence-corrected chi connectivity index (χ1v) is 6.95. The molecule has 0 amide bonds. The number of thioether (sulfide) groups is 1. The van der Waals surface area contributed by atoms with Crippen molar-refractivity contribution in [3.05, 3.63) is 26.7 Å². The second-order valence-corrected chi connectivity index (χ2v) is 5.51.